The van der Waals surface area contributed by atoms with Crippen molar-refractivity contribution >= 4 is 10.0 Å². The molecule has 2 aromatic rings. The predicted octanol–water partition coefficient (Wildman–Crippen LogP) is 3.42. The number of aryl methyl sites for hydroxylation is 1. The van der Waals surface area contributed by atoms with Crippen LogP contribution in [0.5, 0.6) is 5.75 Å². The van der Waals surface area contributed by atoms with Crippen molar-refractivity contribution in [1.29, 1.82) is 0 Å². The van der Waals surface area contributed by atoms with Gasteiger partial charge in [0.15, 0.2) is 0 Å². The van der Waals surface area contributed by atoms with Gasteiger partial charge >= 0.3 is 0 Å². The van der Waals surface area contributed by atoms with Gasteiger partial charge in [0.2, 0.25) is 10.0 Å². The van der Waals surface area contributed by atoms with E-state index in [-0.39, 0.29) is 11.3 Å². The second-order valence-electron chi connectivity index (χ2n) is 7.47. The summed E-state index contributed by atoms with van der Waals surface area (Å²) in [5.41, 5.74) is 0. The molecule has 7 nitrogen and oxygen atoms in total. The number of nitrogens with one attached hydrogen (secondary N) is 1. The van der Waals surface area contributed by atoms with Crippen molar-refractivity contribution < 1.29 is 26.3 Å². The number of sulfonamides is 1. The highest BCUT2D eigenvalue weighted by molar-refractivity contribution is 7.89. The summed E-state index contributed by atoms with van der Waals surface area (Å²) in [6.45, 7) is 1.58. The van der Waals surface area contributed by atoms with E-state index in [9.17, 15) is 21.6 Å². The third kappa shape index (κ3) is 5.72. The number of halogens is 3. The van der Waals surface area contributed by atoms with E-state index in [2.05, 4.69) is 14.9 Å². The number of alkyl halides is 3. The van der Waals surface area contributed by atoms with Crippen LogP contribution in [0.15, 0.2) is 35.5 Å². The van der Waals surface area contributed by atoms with Crippen LogP contribution in [0.4, 0.5) is 13.2 Å². The fourth-order valence-corrected chi connectivity index (χ4v) is 4.88. The molecule has 3 rings (SSSR count). The fourth-order valence-electron chi connectivity index (χ4n) is 3.63. The van der Waals surface area contributed by atoms with E-state index in [0.29, 0.717) is 31.0 Å². The van der Waals surface area contributed by atoms with Gasteiger partial charge in [-0.2, -0.15) is 0 Å². The molecule has 1 N–H and O–H groups in total. The van der Waals surface area contributed by atoms with Crippen LogP contribution in [0, 0.1) is 6.92 Å². The van der Waals surface area contributed by atoms with Crippen LogP contribution in [0.25, 0.3) is 0 Å². The largest absolute Gasteiger partial charge is 0.494 e. The minimum absolute atomic E-state index is 0.0375. The molecule has 0 saturated heterocycles. The standard InChI is InChI=1S/C19H25F3N4O3S/c1-14-24-23-13-26(14)16-10-15(11-19(21,22)12-16)25-30(27,28)18-6-4-17(5-7-18)29-9-3-2-8-20/h4-7,13,15-16,25H,2-3,8-12H2,1H3. The van der Waals surface area contributed by atoms with Crippen LogP contribution in [0.1, 0.15) is 44.0 Å². The molecule has 0 radical (unpaired) electrons. The lowest BCUT2D eigenvalue weighted by Gasteiger charge is -2.35. The van der Waals surface area contributed by atoms with Gasteiger partial charge in [-0.15, -0.1) is 10.2 Å². The normalized spacial score (nSPS) is 21.5. The lowest BCUT2D eigenvalue weighted by Crippen LogP contribution is -2.45. The van der Waals surface area contributed by atoms with Gasteiger partial charge in [0.25, 0.3) is 5.92 Å². The lowest BCUT2D eigenvalue weighted by atomic mass is 9.88. The molecule has 1 aliphatic carbocycles. The maximum Gasteiger partial charge on any atom is 0.251 e. The van der Waals surface area contributed by atoms with Crippen molar-refractivity contribution in [3.63, 3.8) is 0 Å². The Balaban J connectivity index is 1.67. The van der Waals surface area contributed by atoms with Crippen molar-refractivity contribution in [3.8, 4) is 5.75 Å². The Bertz CT molecular complexity index is 935. The average molecular weight is 446 g/mol. The monoisotopic (exact) mass is 446 g/mol. The lowest BCUT2D eigenvalue weighted by molar-refractivity contribution is -0.0579. The highest BCUT2D eigenvalue weighted by atomic mass is 32.2. The smallest absolute Gasteiger partial charge is 0.251 e. The minimum atomic E-state index is -3.99. The van der Waals surface area contributed by atoms with Gasteiger partial charge in [0.1, 0.15) is 17.9 Å². The predicted molar refractivity (Wildman–Crippen MR) is 104 cm³/mol. The molecule has 2 unspecified atom stereocenters. The van der Waals surface area contributed by atoms with Crippen molar-refractivity contribution in [2.75, 3.05) is 13.3 Å². The summed E-state index contributed by atoms with van der Waals surface area (Å²) in [7, 11) is -3.99. The summed E-state index contributed by atoms with van der Waals surface area (Å²) < 4.78 is 75.5. The summed E-state index contributed by atoms with van der Waals surface area (Å²) in [6.07, 6.45) is 1.60. The van der Waals surface area contributed by atoms with Gasteiger partial charge in [-0.1, -0.05) is 0 Å². The van der Waals surface area contributed by atoms with Crippen LogP contribution >= 0.6 is 0 Å². The second-order valence-corrected chi connectivity index (χ2v) is 9.19. The highest BCUT2D eigenvalue weighted by Gasteiger charge is 2.43. The number of unbranched alkanes of at least 4 members (excludes halogenated alkanes) is 1. The number of ether oxygens (including phenoxy) is 1. The molecule has 1 aromatic carbocycles. The SMILES string of the molecule is Cc1nncn1C1CC(NS(=O)(=O)c2ccc(OCCCCF)cc2)CC(F)(F)C1. The van der Waals surface area contributed by atoms with E-state index in [0.717, 1.165) is 0 Å². The number of rotatable bonds is 9. The summed E-state index contributed by atoms with van der Waals surface area (Å²) in [5.74, 6) is -2.05. The summed E-state index contributed by atoms with van der Waals surface area (Å²) in [5, 5.41) is 7.56. The first-order chi connectivity index (χ1) is 14.2. The minimum Gasteiger partial charge on any atom is -0.494 e. The van der Waals surface area contributed by atoms with Crippen LogP contribution in [0.3, 0.4) is 0 Å². The van der Waals surface area contributed by atoms with Gasteiger partial charge in [-0.3, -0.25) is 4.39 Å². The molecule has 1 fully saturated rings. The number of benzene rings is 1. The molecule has 0 aliphatic heterocycles. The molecule has 1 heterocycles. The first kappa shape index (κ1) is 22.5. The Morgan fingerprint density at radius 3 is 2.60 bits per heavy atom. The number of nitrogens with zero attached hydrogens (tertiary/aromatic N) is 3. The molecule has 0 amide bonds. The van der Waals surface area contributed by atoms with E-state index in [4.69, 9.17) is 4.74 Å². The number of aromatic nitrogens is 3. The molecule has 1 aromatic heterocycles. The number of hydrogen-bond acceptors (Lipinski definition) is 5. The Morgan fingerprint density at radius 2 is 1.97 bits per heavy atom. The first-order valence-corrected chi connectivity index (χ1v) is 11.2. The molecule has 11 heteroatoms. The molecule has 166 valence electrons. The van der Waals surface area contributed by atoms with Crippen molar-refractivity contribution in [1.82, 2.24) is 19.5 Å². The van der Waals surface area contributed by atoms with E-state index in [1.165, 1.54) is 30.6 Å². The zero-order valence-electron chi connectivity index (χ0n) is 16.6. The fraction of sp³-hybridized carbons (Fsp3) is 0.579. The topological polar surface area (TPSA) is 86.1 Å². The van der Waals surface area contributed by atoms with Gasteiger partial charge < -0.3 is 9.30 Å². The molecule has 0 spiro atoms. The molecule has 0 bridgehead atoms. The van der Waals surface area contributed by atoms with Crippen molar-refractivity contribution in [3.05, 3.63) is 36.4 Å². The van der Waals surface area contributed by atoms with Gasteiger partial charge in [0, 0.05) is 24.9 Å². The number of hydrogen-bond donors (Lipinski definition) is 1. The first-order valence-electron chi connectivity index (χ1n) is 9.75. The Labute approximate surface area is 173 Å². The third-order valence-electron chi connectivity index (χ3n) is 5.03. The molecular weight excluding hydrogens is 421 g/mol. The van der Waals surface area contributed by atoms with Crippen LogP contribution < -0.4 is 9.46 Å². The van der Waals surface area contributed by atoms with E-state index >= 15 is 0 Å². The third-order valence-corrected chi connectivity index (χ3v) is 6.57. The maximum absolute atomic E-state index is 14.3. The van der Waals surface area contributed by atoms with Gasteiger partial charge in [-0.05, 0) is 50.5 Å². The van der Waals surface area contributed by atoms with Gasteiger partial charge in [0.05, 0.1) is 18.2 Å². The summed E-state index contributed by atoms with van der Waals surface area (Å²) >= 11 is 0. The Morgan fingerprint density at radius 1 is 1.23 bits per heavy atom. The van der Waals surface area contributed by atoms with Crippen molar-refractivity contribution in [2.24, 2.45) is 0 Å². The zero-order valence-corrected chi connectivity index (χ0v) is 17.4. The van der Waals surface area contributed by atoms with E-state index < -0.39 is 47.5 Å². The van der Waals surface area contributed by atoms with Crippen LogP contribution in [-0.2, 0) is 10.0 Å². The maximum atomic E-state index is 14.3. The molecule has 1 aliphatic rings. The quantitative estimate of drug-likeness (QED) is 0.597. The van der Waals surface area contributed by atoms with E-state index in [1.54, 1.807) is 11.5 Å². The van der Waals surface area contributed by atoms with Crippen LogP contribution in [0.2, 0.25) is 0 Å². The van der Waals surface area contributed by atoms with E-state index in [1.807, 2.05) is 0 Å². The van der Waals surface area contributed by atoms with Gasteiger partial charge in [-0.25, -0.2) is 21.9 Å². The Hall–Kier alpha value is -2.14. The molecule has 2 atom stereocenters. The molecule has 30 heavy (non-hydrogen) atoms. The zero-order chi connectivity index (χ0) is 21.8. The summed E-state index contributed by atoms with van der Waals surface area (Å²) in [6, 6.07) is 4.16. The Kier molecular flexibility index (Phi) is 7.02. The summed E-state index contributed by atoms with van der Waals surface area (Å²) in [4.78, 5) is -0.0375. The average Bonchev–Trinajstić information content (AvgIpc) is 3.10. The second kappa shape index (κ2) is 9.34. The highest BCUT2D eigenvalue weighted by Crippen LogP contribution is 2.40. The van der Waals surface area contributed by atoms with Crippen LogP contribution in [-0.4, -0.2) is 48.4 Å². The molecular formula is C19H25F3N4O3S. The molecule has 1 saturated carbocycles. The van der Waals surface area contributed by atoms with Crippen molar-refractivity contribution in [2.45, 2.75) is 61.9 Å².